The molecule has 0 aromatic carbocycles. The van der Waals surface area contributed by atoms with Gasteiger partial charge in [0, 0.05) is 52.0 Å². The Morgan fingerprint density at radius 3 is 2.58 bits per heavy atom. The van der Waals surface area contributed by atoms with E-state index in [1.165, 1.54) is 0 Å². The summed E-state index contributed by atoms with van der Waals surface area (Å²) in [5.74, 6) is 1.88. The summed E-state index contributed by atoms with van der Waals surface area (Å²) >= 11 is 0. The van der Waals surface area contributed by atoms with Gasteiger partial charge in [-0.2, -0.15) is 0 Å². The molecular weight excluding hydrogens is 328 g/mol. The van der Waals surface area contributed by atoms with E-state index < -0.39 is 0 Å². The smallest absolute Gasteiger partial charge is 0.191 e. The van der Waals surface area contributed by atoms with E-state index in [-0.39, 0.29) is 0 Å². The van der Waals surface area contributed by atoms with Crippen molar-refractivity contribution in [2.75, 3.05) is 63.9 Å². The number of aromatic nitrogens is 1. The van der Waals surface area contributed by atoms with Crippen LogP contribution >= 0.6 is 0 Å². The minimum Gasteiger partial charge on any atom is -0.379 e. The van der Waals surface area contributed by atoms with Crippen LogP contribution in [0.25, 0.3) is 0 Å². The van der Waals surface area contributed by atoms with Gasteiger partial charge in [0.1, 0.15) is 5.82 Å². The molecule has 1 aliphatic heterocycles. The zero-order chi connectivity index (χ0) is 18.6. The van der Waals surface area contributed by atoms with Crippen LogP contribution < -0.4 is 15.5 Å². The second-order valence-electron chi connectivity index (χ2n) is 6.27. The fourth-order valence-corrected chi connectivity index (χ4v) is 2.91. The molecule has 1 saturated heterocycles. The van der Waals surface area contributed by atoms with E-state index in [0.717, 1.165) is 76.4 Å². The highest BCUT2D eigenvalue weighted by atomic mass is 16.5. The fraction of sp³-hybridized carbons (Fsp3) is 0.684. The number of aliphatic imine (C=N–C) groups is 1. The van der Waals surface area contributed by atoms with Crippen molar-refractivity contribution < 1.29 is 4.74 Å². The lowest BCUT2D eigenvalue weighted by molar-refractivity contribution is 0.0389. The Morgan fingerprint density at radius 1 is 1.19 bits per heavy atom. The van der Waals surface area contributed by atoms with Gasteiger partial charge in [-0.05, 0) is 32.4 Å². The van der Waals surface area contributed by atoms with E-state index in [1.807, 2.05) is 6.20 Å². The van der Waals surface area contributed by atoms with E-state index >= 15 is 0 Å². The van der Waals surface area contributed by atoms with E-state index in [2.05, 4.69) is 63.3 Å². The highest BCUT2D eigenvalue weighted by molar-refractivity contribution is 5.79. The molecule has 0 unspecified atom stereocenters. The number of rotatable bonds is 9. The summed E-state index contributed by atoms with van der Waals surface area (Å²) in [6.45, 7) is 15.4. The molecule has 1 aromatic heterocycles. The Bertz CT molecular complexity index is 523. The molecule has 1 aromatic rings. The second-order valence-corrected chi connectivity index (χ2v) is 6.27. The van der Waals surface area contributed by atoms with Gasteiger partial charge in [-0.1, -0.05) is 6.07 Å². The first kappa shape index (κ1) is 20.5. The first-order valence-corrected chi connectivity index (χ1v) is 9.79. The van der Waals surface area contributed by atoms with Crippen molar-refractivity contribution >= 4 is 11.8 Å². The van der Waals surface area contributed by atoms with Gasteiger partial charge in [0.25, 0.3) is 0 Å². The maximum absolute atomic E-state index is 5.38. The summed E-state index contributed by atoms with van der Waals surface area (Å²) in [6.07, 6.45) is 1.93. The molecule has 7 heteroatoms. The third-order valence-electron chi connectivity index (χ3n) is 4.48. The van der Waals surface area contributed by atoms with Crippen molar-refractivity contribution in [1.29, 1.82) is 0 Å². The molecule has 1 aliphatic rings. The molecule has 2 heterocycles. The molecule has 0 saturated carbocycles. The number of nitrogens with zero attached hydrogens (tertiary/aromatic N) is 4. The van der Waals surface area contributed by atoms with Crippen molar-refractivity contribution in [3.05, 3.63) is 23.9 Å². The van der Waals surface area contributed by atoms with Crippen molar-refractivity contribution in [3.8, 4) is 0 Å². The molecule has 2 N–H and O–H groups in total. The molecule has 0 bridgehead atoms. The van der Waals surface area contributed by atoms with Crippen LogP contribution in [0, 0.1) is 0 Å². The van der Waals surface area contributed by atoms with E-state index in [4.69, 9.17) is 4.74 Å². The lowest BCUT2D eigenvalue weighted by Crippen LogP contribution is -2.44. The van der Waals surface area contributed by atoms with E-state index in [1.54, 1.807) is 0 Å². The van der Waals surface area contributed by atoms with Crippen LogP contribution in [-0.4, -0.2) is 74.9 Å². The van der Waals surface area contributed by atoms with Gasteiger partial charge < -0.3 is 20.3 Å². The normalized spacial score (nSPS) is 15.7. The lowest BCUT2D eigenvalue weighted by atomic mass is 10.3. The van der Waals surface area contributed by atoms with Gasteiger partial charge in [-0.3, -0.25) is 4.90 Å². The first-order valence-electron chi connectivity index (χ1n) is 9.79. The Labute approximate surface area is 157 Å². The summed E-state index contributed by atoms with van der Waals surface area (Å²) in [4.78, 5) is 13.9. The quantitative estimate of drug-likeness (QED) is 0.510. The minimum atomic E-state index is 0.623. The zero-order valence-corrected chi connectivity index (χ0v) is 16.5. The number of morpholine rings is 1. The number of nitrogens with one attached hydrogen (secondary N) is 2. The summed E-state index contributed by atoms with van der Waals surface area (Å²) < 4.78 is 5.38. The Hall–Kier alpha value is -1.86. The van der Waals surface area contributed by atoms with Crippen molar-refractivity contribution in [1.82, 2.24) is 20.5 Å². The molecule has 0 spiro atoms. The summed E-state index contributed by atoms with van der Waals surface area (Å²) in [5.41, 5.74) is 1.12. The number of guanidine groups is 1. The minimum absolute atomic E-state index is 0.623. The van der Waals surface area contributed by atoms with E-state index in [9.17, 15) is 0 Å². The van der Waals surface area contributed by atoms with Crippen LogP contribution in [0.1, 0.15) is 26.3 Å². The average molecular weight is 363 g/mol. The monoisotopic (exact) mass is 362 g/mol. The standard InChI is InChI=1S/C19H34N6O/c1-4-20-19(21-9-10-24-11-13-26-14-12-24)23-16-17-7-8-18(22-15-17)25(5-2)6-3/h7-8,15H,4-6,9-14,16H2,1-3H3,(H2,20,21,23). The number of pyridine rings is 1. The van der Waals surface area contributed by atoms with Crippen molar-refractivity contribution in [2.24, 2.45) is 4.99 Å². The summed E-state index contributed by atoms with van der Waals surface area (Å²) in [6, 6.07) is 4.19. The molecule has 0 radical (unpaired) electrons. The number of hydrogen-bond donors (Lipinski definition) is 2. The van der Waals surface area contributed by atoms with Gasteiger partial charge in [0.05, 0.1) is 19.8 Å². The van der Waals surface area contributed by atoms with E-state index in [0.29, 0.717) is 6.54 Å². The molecule has 2 rings (SSSR count). The Balaban J connectivity index is 1.83. The summed E-state index contributed by atoms with van der Waals surface area (Å²) in [7, 11) is 0. The average Bonchev–Trinajstić information content (AvgIpc) is 2.69. The van der Waals surface area contributed by atoms with Crippen molar-refractivity contribution in [3.63, 3.8) is 0 Å². The van der Waals surface area contributed by atoms with Gasteiger partial charge in [-0.25, -0.2) is 9.98 Å². The van der Waals surface area contributed by atoms with Gasteiger partial charge in [0.15, 0.2) is 5.96 Å². The highest BCUT2D eigenvalue weighted by Crippen LogP contribution is 2.11. The van der Waals surface area contributed by atoms with Crippen LogP contribution in [0.4, 0.5) is 5.82 Å². The third kappa shape index (κ3) is 6.80. The van der Waals surface area contributed by atoms with Crippen LogP contribution in [-0.2, 0) is 11.3 Å². The zero-order valence-electron chi connectivity index (χ0n) is 16.5. The molecule has 146 valence electrons. The van der Waals surface area contributed by atoms with Gasteiger partial charge in [-0.15, -0.1) is 0 Å². The second kappa shape index (κ2) is 11.7. The van der Waals surface area contributed by atoms with Crippen LogP contribution in [0.2, 0.25) is 0 Å². The maximum atomic E-state index is 5.38. The van der Waals surface area contributed by atoms with Crippen LogP contribution in [0.5, 0.6) is 0 Å². The predicted molar refractivity (Wildman–Crippen MR) is 108 cm³/mol. The largest absolute Gasteiger partial charge is 0.379 e. The number of hydrogen-bond acceptors (Lipinski definition) is 5. The topological polar surface area (TPSA) is 65.0 Å². The Kier molecular flexibility index (Phi) is 9.20. The predicted octanol–water partition coefficient (Wildman–Crippen LogP) is 1.32. The molecule has 0 atom stereocenters. The number of anilines is 1. The molecule has 7 nitrogen and oxygen atoms in total. The van der Waals surface area contributed by atoms with Gasteiger partial charge >= 0.3 is 0 Å². The molecule has 26 heavy (non-hydrogen) atoms. The van der Waals surface area contributed by atoms with Crippen LogP contribution in [0.15, 0.2) is 23.3 Å². The SMILES string of the molecule is CCNC(=NCc1ccc(N(CC)CC)nc1)NCCN1CCOCC1. The molecule has 1 fully saturated rings. The maximum Gasteiger partial charge on any atom is 0.191 e. The molecule has 0 aliphatic carbocycles. The van der Waals surface area contributed by atoms with Crippen molar-refractivity contribution in [2.45, 2.75) is 27.3 Å². The molecular formula is C19H34N6O. The molecule has 0 amide bonds. The highest BCUT2D eigenvalue weighted by Gasteiger charge is 2.09. The lowest BCUT2D eigenvalue weighted by Gasteiger charge is -2.26. The third-order valence-corrected chi connectivity index (χ3v) is 4.48. The van der Waals surface area contributed by atoms with Crippen LogP contribution in [0.3, 0.4) is 0 Å². The van der Waals surface area contributed by atoms with Gasteiger partial charge in [0.2, 0.25) is 0 Å². The number of ether oxygens (including phenoxy) is 1. The summed E-state index contributed by atoms with van der Waals surface area (Å²) in [5, 5.41) is 6.72. The first-order chi connectivity index (χ1) is 12.8. The Morgan fingerprint density at radius 2 is 1.96 bits per heavy atom. The fourth-order valence-electron chi connectivity index (χ4n) is 2.91.